The molecule has 190 valence electrons. The standard InChI is InChI=1S/C31H41FO3/c1-5-14-30(21(2)33)16-13-27-25-11-8-23-19-31(34,35-20-22-6-9-24(32)10-7-22)18-17-28(23,3)26(25)12-15-29(27,30)4/h5-10,25-27,34H,1,11-20H2,2-4H3/t25-,26+,27+,28+,29+,30-,31?/m1/s1. The van der Waals surface area contributed by atoms with Gasteiger partial charge in [-0.3, -0.25) is 4.79 Å². The van der Waals surface area contributed by atoms with Gasteiger partial charge >= 0.3 is 0 Å². The number of benzene rings is 1. The fourth-order valence-electron chi connectivity index (χ4n) is 8.98. The molecule has 35 heavy (non-hydrogen) atoms. The fraction of sp³-hybridized carbons (Fsp3) is 0.645. The van der Waals surface area contributed by atoms with Crippen LogP contribution in [0.3, 0.4) is 0 Å². The molecule has 1 aromatic carbocycles. The van der Waals surface area contributed by atoms with Crippen molar-refractivity contribution in [2.45, 2.75) is 91.0 Å². The van der Waals surface area contributed by atoms with E-state index in [1.807, 2.05) is 6.08 Å². The molecule has 0 heterocycles. The quantitative estimate of drug-likeness (QED) is 0.347. The number of hydrogen-bond donors (Lipinski definition) is 1. The number of aliphatic hydroxyl groups is 1. The summed E-state index contributed by atoms with van der Waals surface area (Å²) in [6.07, 6.45) is 12.6. The van der Waals surface area contributed by atoms with E-state index in [2.05, 4.69) is 26.5 Å². The molecule has 4 heteroatoms. The van der Waals surface area contributed by atoms with Crippen molar-refractivity contribution < 1.29 is 19.0 Å². The Morgan fingerprint density at radius 2 is 1.86 bits per heavy atom. The predicted octanol–water partition coefficient (Wildman–Crippen LogP) is 7.15. The Balaban J connectivity index is 1.35. The molecule has 0 bridgehead atoms. The maximum atomic E-state index is 13.2. The summed E-state index contributed by atoms with van der Waals surface area (Å²) < 4.78 is 19.3. The number of allylic oxidation sites excluding steroid dienone is 2. The number of hydrogen-bond acceptors (Lipinski definition) is 3. The molecule has 4 aliphatic carbocycles. The number of carbonyl (C=O) groups excluding carboxylic acids is 1. The molecule has 5 rings (SSSR count). The molecule has 3 saturated carbocycles. The number of Topliss-reactive ketones (excluding diaryl/α,β-unsaturated/α-hetero) is 1. The third-order valence-corrected chi connectivity index (χ3v) is 11.1. The topological polar surface area (TPSA) is 46.5 Å². The van der Waals surface area contributed by atoms with E-state index in [4.69, 9.17) is 4.74 Å². The van der Waals surface area contributed by atoms with Crippen LogP contribution < -0.4 is 0 Å². The summed E-state index contributed by atoms with van der Waals surface area (Å²) in [6, 6.07) is 6.29. The minimum absolute atomic E-state index is 0.0452. The van der Waals surface area contributed by atoms with Gasteiger partial charge in [0.15, 0.2) is 5.79 Å². The second kappa shape index (κ2) is 8.66. The minimum Gasteiger partial charge on any atom is -0.365 e. The first-order valence-corrected chi connectivity index (χ1v) is 13.5. The number of ether oxygens (including phenoxy) is 1. The molecule has 0 aromatic heterocycles. The molecule has 0 amide bonds. The zero-order chi connectivity index (χ0) is 25.1. The van der Waals surface area contributed by atoms with E-state index in [9.17, 15) is 14.3 Å². The van der Waals surface area contributed by atoms with Crippen molar-refractivity contribution in [3.8, 4) is 0 Å². The Morgan fingerprint density at radius 1 is 1.14 bits per heavy atom. The van der Waals surface area contributed by atoms with Crippen LogP contribution in [0.2, 0.25) is 0 Å². The van der Waals surface area contributed by atoms with E-state index in [1.54, 1.807) is 19.1 Å². The van der Waals surface area contributed by atoms with Crippen LogP contribution in [0.25, 0.3) is 0 Å². The van der Waals surface area contributed by atoms with Crippen LogP contribution in [-0.2, 0) is 16.1 Å². The molecule has 0 radical (unpaired) electrons. The van der Waals surface area contributed by atoms with Gasteiger partial charge in [0.25, 0.3) is 0 Å². The van der Waals surface area contributed by atoms with E-state index in [-0.39, 0.29) is 28.7 Å². The maximum Gasteiger partial charge on any atom is 0.169 e. The molecule has 1 unspecified atom stereocenters. The van der Waals surface area contributed by atoms with Gasteiger partial charge in [-0.2, -0.15) is 0 Å². The van der Waals surface area contributed by atoms with Crippen molar-refractivity contribution in [1.29, 1.82) is 0 Å². The van der Waals surface area contributed by atoms with Gasteiger partial charge in [0, 0.05) is 18.3 Å². The van der Waals surface area contributed by atoms with Crippen LogP contribution >= 0.6 is 0 Å². The highest BCUT2D eigenvalue weighted by atomic mass is 19.1. The Kier molecular flexibility index (Phi) is 6.16. The van der Waals surface area contributed by atoms with Gasteiger partial charge in [-0.25, -0.2) is 4.39 Å². The van der Waals surface area contributed by atoms with E-state index in [0.717, 1.165) is 50.5 Å². The number of ketones is 1. The predicted molar refractivity (Wildman–Crippen MR) is 136 cm³/mol. The average molecular weight is 481 g/mol. The lowest BCUT2D eigenvalue weighted by Crippen LogP contribution is -2.55. The summed E-state index contributed by atoms with van der Waals surface area (Å²) in [5.41, 5.74) is 2.08. The minimum atomic E-state index is -1.17. The van der Waals surface area contributed by atoms with Gasteiger partial charge < -0.3 is 9.84 Å². The lowest BCUT2D eigenvalue weighted by atomic mass is 9.45. The van der Waals surface area contributed by atoms with Gasteiger partial charge in [0.05, 0.1) is 6.61 Å². The first-order valence-electron chi connectivity index (χ1n) is 13.5. The van der Waals surface area contributed by atoms with Gasteiger partial charge in [-0.15, -0.1) is 6.58 Å². The molecule has 1 aromatic rings. The van der Waals surface area contributed by atoms with Gasteiger partial charge in [0.2, 0.25) is 0 Å². The van der Waals surface area contributed by atoms with Crippen molar-refractivity contribution in [1.82, 2.24) is 0 Å². The number of rotatable bonds is 6. The van der Waals surface area contributed by atoms with Crippen LogP contribution in [0.4, 0.5) is 4.39 Å². The molecule has 3 nitrogen and oxygen atoms in total. The molecule has 0 aliphatic heterocycles. The summed E-state index contributed by atoms with van der Waals surface area (Å²) >= 11 is 0. The van der Waals surface area contributed by atoms with Crippen LogP contribution in [0.1, 0.15) is 84.1 Å². The first kappa shape index (κ1) is 24.9. The highest BCUT2D eigenvalue weighted by Crippen LogP contribution is 2.70. The molecule has 1 N–H and O–H groups in total. The summed E-state index contributed by atoms with van der Waals surface area (Å²) in [5.74, 6) is 0.666. The highest BCUT2D eigenvalue weighted by molar-refractivity contribution is 5.84. The Hall–Kier alpha value is -1.78. The summed E-state index contributed by atoms with van der Waals surface area (Å²) in [7, 11) is 0. The average Bonchev–Trinajstić information content (AvgIpc) is 3.13. The lowest BCUT2D eigenvalue weighted by Gasteiger charge is -2.60. The van der Waals surface area contributed by atoms with Crippen LogP contribution in [-0.4, -0.2) is 16.7 Å². The summed E-state index contributed by atoms with van der Waals surface area (Å²) in [5, 5.41) is 11.3. The zero-order valence-electron chi connectivity index (χ0n) is 21.6. The Morgan fingerprint density at radius 3 is 2.54 bits per heavy atom. The molecule has 7 atom stereocenters. The number of halogens is 1. The van der Waals surface area contributed by atoms with Crippen molar-refractivity contribution >= 4 is 5.78 Å². The maximum absolute atomic E-state index is 13.2. The van der Waals surface area contributed by atoms with E-state index in [0.29, 0.717) is 36.4 Å². The van der Waals surface area contributed by atoms with Gasteiger partial charge in [-0.1, -0.05) is 43.7 Å². The largest absolute Gasteiger partial charge is 0.365 e. The van der Waals surface area contributed by atoms with Crippen LogP contribution in [0.15, 0.2) is 48.6 Å². The van der Waals surface area contributed by atoms with Crippen molar-refractivity contribution in [2.24, 2.45) is 34.0 Å². The molecule has 3 fully saturated rings. The third kappa shape index (κ3) is 3.78. The normalized spacial score (nSPS) is 42.4. The smallest absolute Gasteiger partial charge is 0.169 e. The molecular weight excluding hydrogens is 439 g/mol. The SMILES string of the molecule is C=CC[C@]1(C(C)=O)CC[C@H]2[C@@H]3CC=C4CC(O)(OCc5ccc(F)cc5)CC[C@]4(C)[C@H]3CC[C@@]21C. The fourth-order valence-corrected chi connectivity index (χ4v) is 8.98. The molecule has 4 aliphatic rings. The summed E-state index contributed by atoms with van der Waals surface area (Å²) in [6.45, 7) is 10.9. The number of fused-ring (bicyclic) bond motifs is 5. The van der Waals surface area contributed by atoms with Gasteiger partial charge in [0.1, 0.15) is 11.6 Å². The van der Waals surface area contributed by atoms with Crippen LogP contribution in [0.5, 0.6) is 0 Å². The molecule has 0 spiro atoms. The third-order valence-electron chi connectivity index (χ3n) is 11.1. The lowest BCUT2D eigenvalue weighted by molar-refractivity contribution is -0.231. The van der Waals surface area contributed by atoms with E-state index < -0.39 is 5.79 Å². The summed E-state index contributed by atoms with van der Waals surface area (Å²) in [4.78, 5) is 13.0. The van der Waals surface area contributed by atoms with E-state index >= 15 is 0 Å². The Bertz CT molecular complexity index is 1030. The first-order chi connectivity index (χ1) is 16.6. The molecule has 0 saturated heterocycles. The van der Waals surface area contributed by atoms with E-state index in [1.165, 1.54) is 17.7 Å². The molecular formula is C31H41FO3. The van der Waals surface area contributed by atoms with Gasteiger partial charge in [-0.05, 0) is 98.1 Å². The van der Waals surface area contributed by atoms with Crippen molar-refractivity contribution in [3.05, 3.63) is 60.0 Å². The van der Waals surface area contributed by atoms with Crippen molar-refractivity contribution in [2.75, 3.05) is 0 Å². The van der Waals surface area contributed by atoms with Crippen LogP contribution in [0, 0.1) is 39.8 Å². The zero-order valence-corrected chi connectivity index (χ0v) is 21.6. The Labute approximate surface area is 209 Å². The number of carbonyl (C=O) groups is 1. The second-order valence-corrected chi connectivity index (χ2v) is 12.4. The highest BCUT2D eigenvalue weighted by Gasteiger charge is 2.65. The van der Waals surface area contributed by atoms with Crippen molar-refractivity contribution in [3.63, 3.8) is 0 Å². The second-order valence-electron chi connectivity index (χ2n) is 12.4. The monoisotopic (exact) mass is 480 g/mol.